The van der Waals surface area contributed by atoms with Crippen molar-refractivity contribution in [1.82, 2.24) is 10.6 Å². The van der Waals surface area contributed by atoms with E-state index in [0.29, 0.717) is 28.9 Å². The average Bonchev–Trinajstić information content (AvgIpc) is 2.98. The van der Waals surface area contributed by atoms with Gasteiger partial charge in [-0.05, 0) is 37.1 Å². The van der Waals surface area contributed by atoms with Crippen molar-refractivity contribution in [3.63, 3.8) is 0 Å². The third-order valence-electron chi connectivity index (χ3n) is 5.08. The Morgan fingerprint density at radius 1 is 1.42 bits per heavy atom. The first-order chi connectivity index (χ1) is 12.0. The Labute approximate surface area is 165 Å². The summed E-state index contributed by atoms with van der Waals surface area (Å²) >= 11 is 6.06. The van der Waals surface area contributed by atoms with E-state index < -0.39 is 0 Å². The first kappa shape index (κ1) is 20.8. The predicted molar refractivity (Wildman–Crippen MR) is 104 cm³/mol. The van der Waals surface area contributed by atoms with Crippen LogP contribution in [0.1, 0.15) is 19.8 Å². The van der Waals surface area contributed by atoms with Crippen molar-refractivity contribution in [1.29, 1.82) is 0 Å². The lowest BCUT2D eigenvalue weighted by Gasteiger charge is -2.31. The van der Waals surface area contributed by atoms with Crippen molar-refractivity contribution in [3.05, 3.63) is 23.2 Å². The predicted octanol–water partition coefficient (Wildman–Crippen LogP) is 2.24. The summed E-state index contributed by atoms with van der Waals surface area (Å²) < 4.78 is 5.33. The molecule has 26 heavy (non-hydrogen) atoms. The van der Waals surface area contributed by atoms with Crippen molar-refractivity contribution in [2.24, 2.45) is 11.8 Å². The third-order valence-corrected chi connectivity index (χ3v) is 5.32. The van der Waals surface area contributed by atoms with Gasteiger partial charge in [0, 0.05) is 30.6 Å². The Hall–Kier alpha value is -1.50. The highest BCUT2D eigenvalue weighted by molar-refractivity contribution is 6.31. The molecule has 0 bridgehead atoms. The SMILES string of the molecule is COc1ccc(Cl)cc1N1CC(C(=O)NC2CNCCC2C)CC1=O.Cl. The minimum absolute atomic E-state index is 0. The Bertz CT molecular complexity index is 671. The molecule has 2 amide bonds. The molecule has 6 nitrogen and oxygen atoms in total. The van der Waals surface area contributed by atoms with Gasteiger partial charge in [-0.25, -0.2) is 0 Å². The van der Waals surface area contributed by atoms with Crippen LogP contribution in [-0.2, 0) is 9.59 Å². The highest BCUT2D eigenvalue weighted by atomic mass is 35.5. The summed E-state index contributed by atoms with van der Waals surface area (Å²) in [5.41, 5.74) is 0.614. The fraction of sp³-hybridized carbons (Fsp3) is 0.556. The molecule has 2 fully saturated rings. The van der Waals surface area contributed by atoms with Crippen LogP contribution in [0.2, 0.25) is 5.02 Å². The van der Waals surface area contributed by atoms with Crippen LogP contribution in [0, 0.1) is 11.8 Å². The number of nitrogens with one attached hydrogen (secondary N) is 2. The summed E-state index contributed by atoms with van der Waals surface area (Å²) in [6.45, 7) is 4.25. The van der Waals surface area contributed by atoms with Crippen LogP contribution < -0.4 is 20.3 Å². The number of benzene rings is 1. The number of anilines is 1. The van der Waals surface area contributed by atoms with Gasteiger partial charge in [0.25, 0.3) is 0 Å². The molecule has 2 aliphatic heterocycles. The lowest BCUT2D eigenvalue weighted by atomic mass is 9.94. The van der Waals surface area contributed by atoms with Crippen molar-refractivity contribution in [2.75, 3.05) is 31.6 Å². The molecule has 3 atom stereocenters. The molecule has 8 heteroatoms. The van der Waals surface area contributed by atoms with Crippen LogP contribution in [0.15, 0.2) is 18.2 Å². The molecule has 1 aromatic carbocycles. The average molecular weight is 402 g/mol. The summed E-state index contributed by atoms with van der Waals surface area (Å²) in [6.07, 6.45) is 1.25. The number of methoxy groups -OCH3 is 1. The number of amides is 2. The van der Waals surface area contributed by atoms with E-state index in [4.69, 9.17) is 16.3 Å². The van der Waals surface area contributed by atoms with E-state index in [-0.39, 0.29) is 42.6 Å². The van der Waals surface area contributed by atoms with E-state index in [9.17, 15) is 9.59 Å². The Morgan fingerprint density at radius 2 is 2.19 bits per heavy atom. The van der Waals surface area contributed by atoms with E-state index in [1.54, 1.807) is 30.2 Å². The summed E-state index contributed by atoms with van der Waals surface area (Å²) in [4.78, 5) is 26.7. The molecule has 0 aromatic heterocycles. The number of piperidine rings is 1. The largest absolute Gasteiger partial charge is 0.495 e. The maximum Gasteiger partial charge on any atom is 0.227 e. The van der Waals surface area contributed by atoms with Gasteiger partial charge in [0.2, 0.25) is 11.8 Å². The van der Waals surface area contributed by atoms with Gasteiger partial charge in [-0.2, -0.15) is 0 Å². The van der Waals surface area contributed by atoms with Crippen LogP contribution >= 0.6 is 24.0 Å². The molecule has 0 saturated carbocycles. The molecule has 2 N–H and O–H groups in total. The molecule has 1 aromatic rings. The minimum atomic E-state index is -0.356. The topological polar surface area (TPSA) is 70.7 Å². The van der Waals surface area contributed by atoms with Crippen LogP contribution in [0.4, 0.5) is 5.69 Å². The highest BCUT2D eigenvalue weighted by Gasteiger charge is 2.37. The molecular formula is C18H25Cl2N3O3. The van der Waals surface area contributed by atoms with E-state index in [1.165, 1.54) is 0 Å². The molecule has 0 spiro atoms. The van der Waals surface area contributed by atoms with Crippen molar-refractivity contribution in [2.45, 2.75) is 25.8 Å². The van der Waals surface area contributed by atoms with Crippen LogP contribution in [0.3, 0.4) is 0 Å². The van der Waals surface area contributed by atoms with Gasteiger partial charge < -0.3 is 20.3 Å². The van der Waals surface area contributed by atoms with Crippen LogP contribution in [0.5, 0.6) is 5.75 Å². The van der Waals surface area contributed by atoms with Crippen LogP contribution in [-0.4, -0.2) is 44.6 Å². The summed E-state index contributed by atoms with van der Waals surface area (Å²) in [5, 5.41) is 6.93. The summed E-state index contributed by atoms with van der Waals surface area (Å²) in [5.74, 6) is 0.508. The van der Waals surface area contributed by atoms with Gasteiger partial charge in [0.05, 0.1) is 18.7 Å². The maximum absolute atomic E-state index is 12.6. The number of halogens is 2. The van der Waals surface area contributed by atoms with Gasteiger partial charge in [0.1, 0.15) is 5.75 Å². The molecule has 2 heterocycles. The van der Waals surface area contributed by atoms with Gasteiger partial charge in [-0.3, -0.25) is 9.59 Å². The monoisotopic (exact) mass is 401 g/mol. The fourth-order valence-electron chi connectivity index (χ4n) is 3.47. The number of carbonyl (C=O) groups excluding carboxylic acids is 2. The normalized spacial score (nSPS) is 25.6. The van der Waals surface area contributed by atoms with E-state index in [0.717, 1.165) is 19.5 Å². The highest BCUT2D eigenvalue weighted by Crippen LogP contribution is 2.35. The Kier molecular flexibility index (Phi) is 7.15. The molecule has 0 radical (unpaired) electrons. The van der Waals surface area contributed by atoms with Gasteiger partial charge >= 0.3 is 0 Å². The third kappa shape index (κ3) is 4.42. The zero-order valence-corrected chi connectivity index (χ0v) is 16.5. The van der Waals surface area contributed by atoms with E-state index >= 15 is 0 Å². The number of nitrogens with zero attached hydrogens (tertiary/aromatic N) is 1. The zero-order valence-electron chi connectivity index (χ0n) is 15.0. The van der Waals surface area contributed by atoms with E-state index in [1.807, 2.05) is 0 Å². The van der Waals surface area contributed by atoms with E-state index in [2.05, 4.69) is 17.6 Å². The number of rotatable bonds is 4. The molecule has 0 aliphatic carbocycles. The first-order valence-electron chi connectivity index (χ1n) is 8.64. The number of hydrogen-bond donors (Lipinski definition) is 2. The second-order valence-electron chi connectivity index (χ2n) is 6.81. The standard InChI is InChI=1S/C18H24ClN3O3.ClH/c1-11-5-6-20-9-14(11)21-18(24)12-7-17(23)22(10-12)15-8-13(19)3-4-16(15)25-2;/h3-4,8,11-12,14,20H,5-7,9-10H2,1-2H3,(H,21,24);1H. The van der Waals surface area contributed by atoms with Crippen molar-refractivity contribution < 1.29 is 14.3 Å². The number of hydrogen-bond acceptors (Lipinski definition) is 4. The fourth-order valence-corrected chi connectivity index (χ4v) is 3.64. The zero-order chi connectivity index (χ0) is 18.0. The lowest BCUT2D eigenvalue weighted by Crippen LogP contribution is -2.51. The number of ether oxygens (including phenoxy) is 1. The Balaban J connectivity index is 0.00000243. The molecule has 144 valence electrons. The van der Waals surface area contributed by atoms with Crippen molar-refractivity contribution >= 4 is 41.5 Å². The second-order valence-corrected chi connectivity index (χ2v) is 7.24. The minimum Gasteiger partial charge on any atom is -0.495 e. The van der Waals surface area contributed by atoms with Crippen molar-refractivity contribution in [3.8, 4) is 5.75 Å². The van der Waals surface area contributed by atoms with Crippen LogP contribution in [0.25, 0.3) is 0 Å². The smallest absolute Gasteiger partial charge is 0.227 e. The molecule has 3 unspecified atom stereocenters. The molecule has 3 rings (SSSR count). The molecular weight excluding hydrogens is 377 g/mol. The maximum atomic E-state index is 12.6. The van der Waals surface area contributed by atoms with Gasteiger partial charge in [-0.1, -0.05) is 18.5 Å². The molecule has 2 saturated heterocycles. The Morgan fingerprint density at radius 3 is 2.88 bits per heavy atom. The second kappa shape index (κ2) is 8.93. The summed E-state index contributed by atoms with van der Waals surface area (Å²) in [6, 6.07) is 5.26. The lowest BCUT2D eigenvalue weighted by molar-refractivity contribution is -0.127. The first-order valence-corrected chi connectivity index (χ1v) is 9.02. The number of carbonyl (C=O) groups is 2. The van der Waals surface area contributed by atoms with Gasteiger partial charge in [-0.15, -0.1) is 12.4 Å². The quantitative estimate of drug-likeness (QED) is 0.811. The molecule has 2 aliphatic rings. The summed E-state index contributed by atoms with van der Waals surface area (Å²) in [7, 11) is 1.55. The van der Waals surface area contributed by atoms with Gasteiger partial charge in [0.15, 0.2) is 0 Å².